The van der Waals surface area contributed by atoms with Crippen LogP contribution in [0.15, 0.2) is 24.3 Å². The van der Waals surface area contributed by atoms with Crippen LogP contribution in [0.4, 0.5) is 0 Å². The highest BCUT2D eigenvalue weighted by atomic mass is 16.2. The Morgan fingerprint density at radius 2 is 2.00 bits per heavy atom. The summed E-state index contributed by atoms with van der Waals surface area (Å²) >= 11 is 0. The zero-order valence-electron chi connectivity index (χ0n) is 12.4. The third-order valence-electron chi connectivity index (χ3n) is 4.58. The van der Waals surface area contributed by atoms with Gasteiger partial charge >= 0.3 is 0 Å². The molecule has 106 valence electrons. The fourth-order valence-corrected chi connectivity index (χ4v) is 2.95. The van der Waals surface area contributed by atoms with Gasteiger partial charge in [-0.3, -0.25) is 4.79 Å². The average molecular weight is 270 g/mol. The van der Waals surface area contributed by atoms with E-state index < -0.39 is 0 Å². The molecule has 0 radical (unpaired) electrons. The van der Waals surface area contributed by atoms with E-state index in [0.29, 0.717) is 5.92 Å². The third-order valence-corrected chi connectivity index (χ3v) is 4.58. The lowest BCUT2D eigenvalue weighted by atomic mass is 9.95. The van der Waals surface area contributed by atoms with Crippen molar-refractivity contribution in [3.8, 4) is 0 Å². The largest absolute Gasteiger partial charge is 0.357 e. The van der Waals surface area contributed by atoms with E-state index in [2.05, 4.69) is 37.0 Å². The number of aromatic amines is 1. The van der Waals surface area contributed by atoms with Gasteiger partial charge in [-0.1, -0.05) is 39.0 Å². The molecule has 1 atom stereocenters. The van der Waals surface area contributed by atoms with Crippen LogP contribution in [-0.4, -0.2) is 22.3 Å². The number of aromatic nitrogens is 1. The van der Waals surface area contributed by atoms with Gasteiger partial charge in [-0.05, 0) is 24.0 Å². The summed E-state index contributed by atoms with van der Waals surface area (Å²) in [4.78, 5) is 18.0. The Bertz CT molecular complexity index is 641. The highest BCUT2D eigenvalue weighted by Gasteiger charge is 2.27. The Labute approximate surface area is 120 Å². The van der Waals surface area contributed by atoms with Crippen molar-refractivity contribution in [3.05, 3.63) is 35.5 Å². The van der Waals surface area contributed by atoms with Crippen LogP contribution in [0.3, 0.4) is 0 Å². The van der Waals surface area contributed by atoms with Gasteiger partial charge in [0, 0.05) is 29.1 Å². The Morgan fingerprint density at radius 3 is 2.75 bits per heavy atom. The molecule has 3 rings (SSSR count). The third kappa shape index (κ3) is 2.11. The van der Waals surface area contributed by atoms with E-state index in [0.717, 1.165) is 19.5 Å². The second kappa shape index (κ2) is 4.97. The van der Waals surface area contributed by atoms with E-state index in [9.17, 15) is 4.79 Å². The summed E-state index contributed by atoms with van der Waals surface area (Å²) < 4.78 is 0. The van der Waals surface area contributed by atoms with Crippen molar-refractivity contribution in [2.75, 3.05) is 6.54 Å². The molecular formula is C17H22N2O. The summed E-state index contributed by atoms with van der Waals surface area (Å²) in [5.74, 6) is 0.775. The minimum absolute atomic E-state index is 0.0981. The molecule has 0 saturated heterocycles. The van der Waals surface area contributed by atoms with Gasteiger partial charge in [-0.2, -0.15) is 0 Å². The van der Waals surface area contributed by atoms with Gasteiger partial charge < -0.3 is 9.88 Å². The van der Waals surface area contributed by atoms with Crippen LogP contribution < -0.4 is 0 Å². The molecule has 1 aliphatic heterocycles. The van der Waals surface area contributed by atoms with Crippen LogP contribution in [0, 0.1) is 11.8 Å². The predicted molar refractivity (Wildman–Crippen MR) is 81.4 cm³/mol. The van der Waals surface area contributed by atoms with E-state index in [4.69, 9.17) is 0 Å². The van der Waals surface area contributed by atoms with Gasteiger partial charge in [0.15, 0.2) is 0 Å². The molecule has 1 N–H and O–H groups in total. The topological polar surface area (TPSA) is 36.1 Å². The summed E-state index contributed by atoms with van der Waals surface area (Å²) in [5, 5.41) is 1.31. The maximum atomic E-state index is 12.5. The van der Waals surface area contributed by atoms with Gasteiger partial charge in [-0.25, -0.2) is 0 Å². The summed E-state index contributed by atoms with van der Waals surface area (Å²) in [7, 11) is 0. The van der Waals surface area contributed by atoms with Gasteiger partial charge in [0.1, 0.15) is 0 Å². The maximum Gasteiger partial charge on any atom is 0.226 e. The van der Waals surface area contributed by atoms with E-state index in [-0.39, 0.29) is 11.8 Å². The zero-order valence-corrected chi connectivity index (χ0v) is 12.4. The number of rotatable bonds is 2. The lowest BCUT2D eigenvalue weighted by molar-refractivity contribution is -0.137. The number of fused-ring (bicyclic) bond motifs is 3. The molecular weight excluding hydrogens is 248 g/mol. The fourth-order valence-electron chi connectivity index (χ4n) is 2.95. The van der Waals surface area contributed by atoms with Gasteiger partial charge in [0.2, 0.25) is 5.91 Å². The Hall–Kier alpha value is -1.77. The van der Waals surface area contributed by atoms with Crippen molar-refractivity contribution in [1.82, 2.24) is 9.88 Å². The Morgan fingerprint density at radius 1 is 1.25 bits per heavy atom. The van der Waals surface area contributed by atoms with Gasteiger partial charge in [0.05, 0.1) is 6.54 Å². The number of hydrogen-bond donors (Lipinski definition) is 1. The number of carbonyl (C=O) groups excluding carboxylic acids is 1. The molecule has 2 aromatic rings. The number of nitrogens with one attached hydrogen (secondary N) is 1. The number of carbonyl (C=O) groups is 1. The maximum absolute atomic E-state index is 12.5. The molecule has 3 nitrogen and oxygen atoms in total. The molecule has 2 heterocycles. The van der Waals surface area contributed by atoms with Crippen LogP contribution in [-0.2, 0) is 17.8 Å². The van der Waals surface area contributed by atoms with Crippen molar-refractivity contribution >= 4 is 16.8 Å². The molecule has 0 spiro atoms. The van der Waals surface area contributed by atoms with Crippen LogP contribution >= 0.6 is 0 Å². The molecule has 20 heavy (non-hydrogen) atoms. The number of nitrogens with zero attached hydrogens (tertiary/aromatic N) is 1. The molecule has 1 aromatic heterocycles. The predicted octanol–water partition coefficient (Wildman–Crippen LogP) is 3.34. The van der Waals surface area contributed by atoms with Gasteiger partial charge in [-0.15, -0.1) is 0 Å². The molecule has 0 aliphatic carbocycles. The molecule has 1 unspecified atom stereocenters. The molecule has 0 fully saturated rings. The second-order valence-corrected chi connectivity index (χ2v) is 6.17. The molecule has 0 saturated carbocycles. The first-order valence-corrected chi connectivity index (χ1v) is 7.45. The van der Waals surface area contributed by atoms with Gasteiger partial charge in [0.25, 0.3) is 0 Å². The molecule has 1 amide bonds. The lowest BCUT2D eigenvalue weighted by Gasteiger charge is -2.30. The SMILES string of the molecule is CC(C)C(C)C(=O)N1CCc2c([nH]c3ccccc23)C1. The number of hydrogen-bond acceptors (Lipinski definition) is 1. The van der Waals surface area contributed by atoms with E-state index in [1.807, 2.05) is 17.9 Å². The summed E-state index contributed by atoms with van der Waals surface area (Å²) in [6.45, 7) is 7.82. The first kappa shape index (κ1) is 13.2. The van der Waals surface area contributed by atoms with Crippen LogP contribution in [0.25, 0.3) is 10.9 Å². The van der Waals surface area contributed by atoms with Crippen molar-refractivity contribution in [2.45, 2.75) is 33.7 Å². The summed E-state index contributed by atoms with van der Waals surface area (Å²) in [6, 6.07) is 8.40. The van der Waals surface area contributed by atoms with Crippen LogP contribution in [0.1, 0.15) is 32.0 Å². The monoisotopic (exact) mass is 270 g/mol. The minimum atomic E-state index is 0.0981. The number of amides is 1. The minimum Gasteiger partial charge on any atom is -0.357 e. The van der Waals surface area contributed by atoms with Crippen molar-refractivity contribution < 1.29 is 4.79 Å². The van der Waals surface area contributed by atoms with E-state index >= 15 is 0 Å². The smallest absolute Gasteiger partial charge is 0.226 e. The van der Waals surface area contributed by atoms with Crippen molar-refractivity contribution in [1.29, 1.82) is 0 Å². The molecule has 1 aliphatic rings. The average Bonchev–Trinajstić information content (AvgIpc) is 2.83. The van der Waals surface area contributed by atoms with E-state index in [1.54, 1.807) is 0 Å². The Balaban J connectivity index is 1.87. The van der Waals surface area contributed by atoms with Crippen LogP contribution in [0.5, 0.6) is 0 Å². The number of H-pyrrole nitrogens is 1. The number of benzene rings is 1. The molecule has 1 aromatic carbocycles. The van der Waals surface area contributed by atoms with Crippen molar-refractivity contribution in [2.24, 2.45) is 11.8 Å². The first-order chi connectivity index (χ1) is 9.58. The van der Waals surface area contributed by atoms with Crippen molar-refractivity contribution in [3.63, 3.8) is 0 Å². The fraction of sp³-hybridized carbons (Fsp3) is 0.471. The molecule has 3 heteroatoms. The summed E-state index contributed by atoms with van der Waals surface area (Å²) in [5.41, 5.74) is 3.78. The lowest BCUT2D eigenvalue weighted by Crippen LogP contribution is -2.40. The number of para-hydroxylation sites is 1. The summed E-state index contributed by atoms with van der Waals surface area (Å²) in [6.07, 6.45) is 0.954. The van der Waals surface area contributed by atoms with E-state index in [1.165, 1.54) is 22.2 Å². The molecule has 0 bridgehead atoms. The van der Waals surface area contributed by atoms with Crippen LogP contribution in [0.2, 0.25) is 0 Å². The normalized spacial score (nSPS) is 16.5. The first-order valence-electron chi connectivity index (χ1n) is 7.45. The zero-order chi connectivity index (χ0) is 14.3. The highest BCUT2D eigenvalue weighted by molar-refractivity contribution is 5.86. The highest BCUT2D eigenvalue weighted by Crippen LogP contribution is 2.28. The second-order valence-electron chi connectivity index (χ2n) is 6.17. The Kier molecular flexibility index (Phi) is 3.28. The quantitative estimate of drug-likeness (QED) is 0.892. The standard InChI is InChI=1S/C17H22N2O/c1-11(2)12(3)17(20)19-9-8-14-13-6-4-5-7-15(13)18-16(14)10-19/h4-7,11-12,18H,8-10H2,1-3H3.